The zero-order valence-electron chi connectivity index (χ0n) is 10.3. The molecule has 0 bridgehead atoms. The first-order valence-electron chi connectivity index (χ1n) is 5.71. The molecule has 5 heteroatoms. The Morgan fingerprint density at radius 2 is 1.65 bits per heavy atom. The molecule has 0 saturated carbocycles. The molecule has 0 amide bonds. The third kappa shape index (κ3) is 3.16. The number of allylic oxidation sites excluding steroid dienone is 1. The molecule has 0 aliphatic rings. The van der Waals surface area contributed by atoms with Gasteiger partial charge in [-0.1, -0.05) is 46.3 Å². The Morgan fingerprint density at radius 3 is 2.20 bits per heavy atom. The van der Waals surface area contributed by atoms with E-state index in [9.17, 15) is 8.42 Å². The second kappa shape index (κ2) is 6.04. The fourth-order valence-electron chi connectivity index (χ4n) is 1.61. The molecule has 3 nitrogen and oxygen atoms in total. The van der Waals surface area contributed by atoms with Crippen molar-refractivity contribution >= 4 is 31.8 Å². The lowest BCUT2D eigenvalue weighted by atomic mass is 10.2. The molecule has 0 aliphatic heterocycles. The fraction of sp³-hybridized carbons (Fsp3) is 0. The van der Waals surface area contributed by atoms with Crippen LogP contribution in [-0.4, -0.2) is 8.42 Å². The number of benzene rings is 2. The Morgan fingerprint density at radius 1 is 1.05 bits per heavy atom. The van der Waals surface area contributed by atoms with Gasteiger partial charge in [-0.15, -0.1) is 0 Å². The molecule has 2 rings (SSSR count). The first kappa shape index (κ1) is 14.5. The van der Waals surface area contributed by atoms with Gasteiger partial charge in [-0.25, -0.2) is 8.42 Å². The van der Waals surface area contributed by atoms with Crippen LogP contribution in [0.2, 0.25) is 0 Å². The van der Waals surface area contributed by atoms with Crippen LogP contribution >= 0.6 is 15.9 Å². The zero-order valence-corrected chi connectivity index (χ0v) is 12.7. The number of hydrogen-bond acceptors (Lipinski definition) is 3. The molecule has 2 aromatic carbocycles. The van der Waals surface area contributed by atoms with Crippen molar-refractivity contribution in [2.45, 2.75) is 4.90 Å². The van der Waals surface area contributed by atoms with Crippen molar-refractivity contribution < 1.29 is 8.42 Å². The number of halogens is 1. The first-order chi connectivity index (χ1) is 9.54. The molecule has 0 aliphatic carbocycles. The molecule has 0 heterocycles. The maximum absolute atomic E-state index is 12.3. The van der Waals surface area contributed by atoms with E-state index in [1.54, 1.807) is 48.5 Å². The lowest BCUT2D eigenvalue weighted by Crippen LogP contribution is -2.03. The summed E-state index contributed by atoms with van der Waals surface area (Å²) in [5.74, 6) is 0. The van der Waals surface area contributed by atoms with Crippen LogP contribution in [0.1, 0.15) is 5.56 Å². The Hall–Kier alpha value is -1.90. The summed E-state index contributed by atoms with van der Waals surface area (Å²) in [5.41, 5.74) is 0.657. The van der Waals surface area contributed by atoms with Gasteiger partial charge in [-0.3, -0.25) is 0 Å². The minimum absolute atomic E-state index is 0.116. The number of nitriles is 1. The predicted octanol–water partition coefficient (Wildman–Crippen LogP) is 3.79. The average Bonchev–Trinajstić information content (AvgIpc) is 2.47. The number of rotatable bonds is 3. The van der Waals surface area contributed by atoms with Crippen molar-refractivity contribution in [2.75, 3.05) is 0 Å². The largest absolute Gasteiger partial charge is 0.218 e. The Labute approximate surface area is 126 Å². The van der Waals surface area contributed by atoms with E-state index in [4.69, 9.17) is 5.26 Å². The summed E-state index contributed by atoms with van der Waals surface area (Å²) in [4.78, 5) is -0.157. The lowest BCUT2D eigenvalue weighted by Gasteiger charge is -2.02. The van der Waals surface area contributed by atoms with Gasteiger partial charge in [0.25, 0.3) is 0 Å². The third-order valence-corrected chi connectivity index (χ3v) is 4.83. The van der Waals surface area contributed by atoms with E-state index in [0.29, 0.717) is 5.56 Å². The number of nitrogens with zero attached hydrogens (tertiary/aromatic N) is 1. The highest BCUT2D eigenvalue weighted by atomic mass is 79.9. The van der Waals surface area contributed by atoms with E-state index in [0.717, 1.165) is 4.47 Å². The van der Waals surface area contributed by atoms with Gasteiger partial charge < -0.3 is 0 Å². The molecule has 0 spiro atoms. The molecular formula is C15H10BrNO2S. The highest BCUT2D eigenvalue weighted by Gasteiger charge is 2.20. The lowest BCUT2D eigenvalue weighted by molar-refractivity contribution is 0.603. The van der Waals surface area contributed by atoms with E-state index in [2.05, 4.69) is 15.9 Å². The van der Waals surface area contributed by atoms with Crippen LogP contribution < -0.4 is 0 Å². The summed E-state index contributed by atoms with van der Waals surface area (Å²) in [6, 6.07) is 16.7. The van der Waals surface area contributed by atoms with E-state index in [1.165, 1.54) is 18.2 Å². The normalized spacial score (nSPS) is 11.9. The minimum Gasteiger partial charge on any atom is -0.218 e. The Kier molecular flexibility index (Phi) is 4.38. The van der Waals surface area contributed by atoms with Gasteiger partial charge in [0.05, 0.1) is 4.90 Å². The van der Waals surface area contributed by atoms with Crippen LogP contribution in [0.25, 0.3) is 6.08 Å². The maximum atomic E-state index is 12.3. The summed E-state index contributed by atoms with van der Waals surface area (Å²) < 4.78 is 25.6. The van der Waals surface area contributed by atoms with Gasteiger partial charge in [0.2, 0.25) is 9.84 Å². The molecule has 0 atom stereocenters. The molecule has 100 valence electrons. The van der Waals surface area contributed by atoms with Crippen LogP contribution in [0.3, 0.4) is 0 Å². The smallest absolute Gasteiger partial charge is 0.216 e. The van der Waals surface area contributed by atoms with Gasteiger partial charge >= 0.3 is 0 Å². The Balaban J connectivity index is 2.48. The van der Waals surface area contributed by atoms with Crippen molar-refractivity contribution in [2.24, 2.45) is 0 Å². The predicted molar refractivity (Wildman–Crippen MR) is 81.4 cm³/mol. The molecule has 0 saturated heterocycles. The quantitative estimate of drug-likeness (QED) is 0.793. The Bertz CT molecular complexity index is 773. The van der Waals surface area contributed by atoms with Gasteiger partial charge in [0.1, 0.15) is 11.0 Å². The van der Waals surface area contributed by atoms with Gasteiger partial charge in [-0.2, -0.15) is 5.26 Å². The van der Waals surface area contributed by atoms with E-state index in [-0.39, 0.29) is 9.80 Å². The molecule has 0 aromatic heterocycles. The van der Waals surface area contributed by atoms with Gasteiger partial charge in [0, 0.05) is 4.47 Å². The van der Waals surface area contributed by atoms with Crippen LogP contribution in [0.5, 0.6) is 0 Å². The molecular weight excluding hydrogens is 338 g/mol. The van der Waals surface area contributed by atoms with Crippen LogP contribution in [0.4, 0.5) is 0 Å². The van der Waals surface area contributed by atoms with Crippen molar-refractivity contribution in [3.05, 3.63) is 69.5 Å². The van der Waals surface area contributed by atoms with Gasteiger partial charge in [-0.05, 0) is 35.9 Å². The molecule has 20 heavy (non-hydrogen) atoms. The fourth-order valence-corrected chi connectivity index (χ4v) is 3.05. The van der Waals surface area contributed by atoms with Crippen molar-refractivity contribution in [3.63, 3.8) is 0 Å². The average molecular weight is 348 g/mol. The highest BCUT2D eigenvalue weighted by Crippen LogP contribution is 2.21. The van der Waals surface area contributed by atoms with Crippen LogP contribution in [0, 0.1) is 11.3 Å². The van der Waals surface area contributed by atoms with Crippen molar-refractivity contribution in [1.29, 1.82) is 5.26 Å². The first-order valence-corrected chi connectivity index (χ1v) is 7.99. The maximum Gasteiger partial charge on any atom is 0.216 e. The molecule has 0 fully saturated rings. The molecule has 0 unspecified atom stereocenters. The van der Waals surface area contributed by atoms with Crippen molar-refractivity contribution in [1.82, 2.24) is 0 Å². The minimum atomic E-state index is -3.77. The third-order valence-electron chi connectivity index (χ3n) is 2.62. The second-order valence-electron chi connectivity index (χ2n) is 3.99. The summed E-state index contributed by atoms with van der Waals surface area (Å²) in [5, 5.41) is 9.13. The summed E-state index contributed by atoms with van der Waals surface area (Å²) in [6.45, 7) is 0. The number of sulfone groups is 1. The standard InChI is InChI=1S/C15H10BrNO2S/c16-13-8-6-12(7-9-13)10-15(11-17)20(18,19)14-4-2-1-3-5-14/h1-10H. The van der Waals surface area contributed by atoms with E-state index >= 15 is 0 Å². The van der Waals surface area contributed by atoms with Crippen LogP contribution in [-0.2, 0) is 9.84 Å². The SMILES string of the molecule is N#CC(=Cc1ccc(Br)cc1)S(=O)(=O)c1ccccc1. The highest BCUT2D eigenvalue weighted by molar-refractivity contribution is 9.10. The number of hydrogen-bond donors (Lipinski definition) is 0. The van der Waals surface area contributed by atoms with Crippen LogP contribution in [0.15, 0.2) is 68.9 Å². The second-order valence-corrected chi connectivity index (χ2v) is 6.82. The summed E-state index contributed by atoms with van der Waals surface area (Å²) >= 11 is 3.30. The van der Waals surface area contributed by atoms with E-state index < -0.39 is 9.84 Å². The zero-order chi connectivity index (χ0) is 14.6. The molecule has 2 aromatic rings. The molecule has 0 radical (unpaired) electrons. The monoisotopic (exact) mass is 347 g/mol. The summed E-state index contributed by atoms with van der Waals surface area (Å²) in [7, 11) is -3.77. The summed E-state index contributed by atoms with van der Waals surface area (Å²) in [6.07, 6.45) is 1.37. The van der Waals surface area contributed by atoms with Gasteiger partial charge in [0.15, 0.2) is 0 Å². The molecule has 0 N–H and O–H groups in total. The van der Waals surface area contributed by atoms with E-state index in [1.807, 2.05) is 0 Å². The van der Waals surface area contributed by atoms with Crippen molar-refractivity contribution in [3.8, 4) is 6.07 Å². The topological polar surface area (TPSA) is 57.9 Å².